The number of unbranched alkanes of at least 4 members (excludes halogenated alkanes) is 11. The summed E-state index contributed by atoms with van der Waals surface area (Å²) in [7, 11) is 1.58. The standard InChI is InChI=1S/C48H82NO8P/c1-6-8-10-12-14-15-16-17-18-19-20-23-26-29-33-37-42-54-47(45-57-58(52,53)56-43-41-49(3,4)5)44-55-48(51)40-36-32-28-25-22-21-24-27-31-35-39-46(50)38-34-30-13-11-9-7-2/h9,11,15-16,21-22,27-28,30-32,34-35,37,39,42,46-47,50H,6-8,10,12-14,17-20,23-26,29,33,36,38,40-41,43-45H2,1-5H3/p+1/b11-9-,16-15-,22-21-,31-27-,32-28-,34-30-,39-35+,42-37+/t46?,47-/m1/s1. The summed E-state index contributed by atoms with van der Waals surface area (Å²) in [6, 6.07) is 0. The topological polar surface area (TPSA) is 112 Å². The average Bonchev–Trinajstić information content (AvgIpc) is 3.17. The molecule has 3 atom stereocenters. The molecule has 0 aliphatic heterocycles. The summed E-state index contributed by atoms with van der Waals surface area (Å²) >= 11 is 0. The molecular weight excluding hydrogens is 750 g/mol. The van der Waals surface area contributed by atoms with Crippen molar-refractivity contribution in [1.82, 2.24) is 0 Å². The third kappa shape index (κ3) is 42.8. The highest BCUT2D eigenvalue weighted by Crippen LogP contribution is 2.43. The highest BCUT2D eigenvalue weighted by molar-refractivity contribution is 7.47. The molecule has 0 aliphatic carbocycles. The highest BCUT2D eigenvalue weighted by atomic mass is 31.2. The van der Waals surface area contributed by atoms with E-state index in [1.165, 1.54) is 64.2 Å². The van der Waals surface area contributed by atoms with Gasteiger partial charge in [-0.15, -0.1) is 0 Å². The molecule has 0 aromatic heterocycles. The molecule has 0 aromatic rings. The van der Waals surface area contributed by atoms with E-state index in [0.29, 0.717) is 23.9 Å². The number of carbonyl (C=O) groups excluding carboxylic acids is 1. The smallest absolute Gasteiger partial charge is 0.472 e. The first-order valence-electron chi connectivity index (χ1n) is 22.1. The van der Waals surface area contributed by atoms with Gasteiger partial charge < -0.3 is 24.0 Å². The van der Waals surface area contributed by atoms with Gasteiger partial charge in [-0.25, -0.2) is 4.57 Å². The first-order chi connectivity index (χ1) is 28.0. The van der Waals surface area contributed by atoms with Gasteiger partial charge in [-0.2, -0.15) is 0 Å². The van der Waals surface area contributed by atoms with Crippen molar-refractivity contribution in [3.8, 4) is 0 Å². The molecule has 0 aromatic carbocycles. The number of likely N-dealkylation sites (N-methyl/N-ethyl adjacent to an activating group) is 1. The predicted octanol–water partition coefficient (Wildman–Crippen LogP) is 12.4. The number of aliphatic hydroxyl groups is 1. The van der Waals surface area contributed by atoms with Crippen molar-refractivity contribution >= 4 is 13.8 Å². The fraction of sp³-hybridized carbons (Fsp3) is 0.646. The number of phosphoric ester groups is 1. The van der Waals surface area contributed by atoms with E-state index >= 15 is 0 Å². The zero-order valence-electron chi connectivity index (χ0n) is 37.1. The molecular formula is C48H83NO8P+. The number of carbonyl (C=O) groups is 1. The lowest BCUT2D eigenvalue weighted by atomic mass is 10.1. The van der Waals surface area contributed by atoms with Crippen LogP contribution >= 0.6 is 7.82 Å². The minimum Gasteiger partial charge on any atom is -0.492 e. The molecule has 0 rings (SSSR count). The number of phosphoric acid groups is 1. The molecule has 0 amide bonds. The zero-order valence-corrected chi connectivity index (χ0v) is 38.0. The van der Waals surface area contributed by atoms with Crippen LogP contribution in [-0.2, 0) is 27.9 Å². The molecule has 0 fully saturated rings. The van der Waals surface area contributed by atoms with Crippen LogP contribution in [0, 0.1) is 0 Å². The van der Waals surface area contributed by atoms with Crippen LogP contribution in [0.15, 0.2) is 97.4 Å². The Hall–Kier alpha value is -2.78. The van der Waals surface area contributed by atoms with Crippen LogP contribution in [0.1, 0.15) is 142 Å². The third-order valence-electron chi connectivity index (χ3n) is 8.81. The number of nitrogens with zero attached hydrogens (tertiary/aromatic N) is 1. The van der Waals surface area contributed by atoms with Gasteiger partial charge in [0.2, 0.25) is 0 Å². The van der Waals surface area contributed by atoms with Crippen LogP contribution in [0.2, 0.25) is 0 Å². The number of esters is 1. The molecule has 10 heteroatoms. The Morgan fingerprint density at radius 1 is 0.655 bits per heavy atom. The predicted molar refractivity (Wildman–Crippen MR) is 243 cm³/mol. The van der Waals surface area contributed by atoms with Gasteiger partial charge in [0.05, 0.1) is 40.1 Å². The number of ether oxygens (including phenoxy) is 2. The van der Waals surface area contributed by atoms with Gasteiger partial charge in [-0.3, -0.25) is 13.8 Å². The van der Waals surface area contributed by atoms with Gasteiger partial charge in [0.15, 0.2) is 6.10 Å². The summed E-state index contributed by atoms with van der Waals surface area (Å²) in [6.45, 7) is 4.58. The quantitative estimate of drug-likeness (QED) is 0.0120. The van der Waals surface area contributed by atoms with Crippen molar-refractivity contribution in [3.05, 3.63) is 97.4 Å². The van der Waals surface area contributed by atoms with Crippen LogP contribution in [0.3, 0.4) is 0 Å². The molecule has 2 unspecified atom stereocenters. The van der Waals surface area contributed by atoms with E-state index in [4.69, 9.17) is 18.5 Å². The first kappa shape index (κ1) is 55.2. The summed E-state index contributed by atoms with van der Waals surface area (Å²) in [5.74, 6) is -0.383. The van der Waals surface area contributed by atoms with Crippen LogP contribution in [0.5, 0.6) is 0 Å². The van der Waals surface area contributed by atoms with Crippen LogP contribution in [-0.4, -0.2) is 80.2 Å². The van der Waals surface area contributed by atoms with Crippen LogP contribution in [0.25, 0.3) is 0 Å². The number of hydrogen-bond donors (Lipinski definition) is 2. The fourth-order valence-electron chi connectivity index (χ4n) is 5.29. The summed E-state index contributed by atoms with van der Waals surface area (Å²) in [4.78, 5) is 22.6. The second-order valence-corrected chi connectivity index (χ2v) is 17.1. The molecule has 0 saturated heterocycles. The van der Waals surface area contributed by atoms with E-state index in [2.05, 4.69) is 56.4 Å². The Bertz CT molecular complexity index is 1260. The maximum Gasteiger partial charge on any atom is 0.472 e. The average molecular weight is 833 g/mol. The molecule has 0 bridgehead atoms. The summed E-state index contributed by atoms with van der Waals surface area (Å²) in [5.41, 5.74) is 0. The first-order valence-corrected chi connectivity index (χ1v) is 23.6. The lowest BCUT2D eigenvalue weighted by Gasteiger charge is -2.24. The third-order valence-corrected chi connectivity index (χ3v) is 9.80. The zero-order chi connectivity index (χ0) is 42.8. The van der Waals surface area contributed by atoms with Crippen molar-refractivity contribution < 1.29 is 42.4 Å². The fourth-order valence-corrected chi connectivity index (χ4v) is 6.03. The van der Waals surface area contributed by atoms with Gasteiger partial charge in [0, 0.05) is 6.42 Å². The van der Waals surface area contributed by atoms with Crippen molar-refractivity contribution in [3.63, 3.8) is 0 Å². The highest BCUT2D eigenvalue weighted by Gasteiger charge is 2.25. The molecule has 332 valence electrons. The minimum absolute atomic E-state index is 0.0636. The van der Waals surface area contributed by atoms with Crippen molar-refractivity contribution in [2.45, 2.75) is 154 Å². The van der Waals surface area contributed by atoms with Gasteiger partial charge in [-0.1, -0.05) is 144 Å². The number of hydrogen-bond acceptors (Lipinski definition) is 7. The lowest BCUT2D eigenvalue weighted by Crippen LogP contribution is -2.37. The monoisotopic (exact) mass is 833 g/mol. The van der Waals surface area contributed by atoms with E-state index in [-0.39, 0.29) is 32.2 Å². The molecule has 0 spiro atoms. The molecule has 0 aliphatic rings. The second kappa shape index (κ2) is 39.7. The molecule has 0 saturated carbocycles. The van der Waals surface area contributed by atoms with E-state index in [9.17, 15) is 19.4 Å². The van der Waals surface area contributed by atoms with Gasteiger partial charge >= 0.3 is 13.8 Å². The number of aliphatic hydroxyl groups excluding tert-OH is 1. The van der Waals surface area contributed by atoms with Crippen molar-refractivity contribution in [2.75, 3.05) is 47.5 Å². The van der Waals surface area contributed by atoms with Gasteiger partial charge in [0.25, 0.3) is 0 Å². The number of quaternary nitrogens is 1. The Kier molecular flexibility index (Phi) is 37.8. The Balaban J connectivity index is 4.49. The SMILES string of the molecule is CC/C=C\C/C=C\CC(O)/C=C/C=C\C/C=C\C/C=C\CCC(=O)OC[C@H](COP(=O)(O)OCC[N+](C)(C)C)O/C=C/CCCCCCCC/C=C\CCCCCC. The molecule has 0 radical (unpaired) electrons. The van der Waals surface area contributed by atoms with E-state index in [0.717, 1.165) is 44.9 Å². The largest absolute Gasteiger partial charge is 0.492 e. The number of rotatable bonds is 39. The Morgan fingerprint density at radius 3 is 1.88 bits per heavy atom. The minimum atomic E-state index is -4.30. The number of allylic oxidation sites excluding steroid dienone is 13. The molecule has 9 nitrogen and oxygen atoms in total. The summed E-state index contributed by atoms with van der Waals surface area (Å²) in [6.07, 6.45) is 51.6. The lowest BCUT2D eigenvalue weighted by molar-refractivity contribution is -0.870. The summed E-state index contributed by atoms with van der Waals surface area (Å²) in [5, 5.41) is 10.0. The van der Waals surface area contributed by atoms with Crippen LogP contribution in [0.4, 0.5) is 0 Å². The maximum absolute atomic E-state index is 12.5. The molecule has 58 heavy (non-hydrogen) atoms. The van der Waals surface area contributed by atoms with Gasteiger partial charge in [0.1, 0.15) is 19.8 Å². The van der Waals surface area contributed by atoms with Gasteiger partial charge in [-0.05, 0) is 83.1 Å². The normalized spacial score (nSPS) is 15.2. The maximum atomic E-state index is 12.5. The Labute approximate surface area is 354 Å². The van der Waals surface area contributed by atoms with Crippen molar-refractivity contribution in [1.29, 1.82) is 0 Å². The summed E-state index contributed by atoms with van der Waals surface area (Å²) < 4.78 is 34.6. The van der Waals surface area contributed by atoms with E-state index < -0.39 is 20.0 Å². The second-order valence-electron chi connectivity index (χ2n) is 15.6. The van der Waals surface area contributed by atoms with E-state index in [1.54, 1.807) is 12.3 Å². The molecule has 0 heterocycles. The Morgan fingerprint density at radius 2 is 1.22 bits per heavy atom. The molecule has 2 N–H and O–H groups in total. The van der Waals surface area contributed by atoms with Crippen LogP contribution < -0.4 is 0 Å². The van der Waals surface area contributed by atoms with Crippen molar-refractivity contribution in [2.24, 2.45) is 0 Å². The van der Waals surface area contributed by atoms with E-state index in [1.807, 2.05) is 63.7 Å².